The summed E-state index contributed by atoms with van der Waals surface area (Å²) in [5.41, 5.74) is 1.41. The highest BCUT2D eigenvalue weighted by Gasteiger charge is 2.20. The van der Waals surface area contributed by atoms with Gasteiger partial charge >= 0.3 is 0 Å². The van der Waals surface area contributed by atoms with E-state index in [1.165, 1.54) is 39.9 Å². The molecule has 0 aliphatic rings. The Hall–Kier alpha value is -2.29. The summed E-state index contributed by atoms with van der Waals surface area (Å²) in [6.45, 7) is 5.20. The van der Waals surface area contributed by atoms with Gasteiger partial charge < -0.3 is 4.57 Å². The fourth-order valence-electron chi connectivity index (χ4n) is 3.01. The number of benzene rings is 2. The Morgan fingerprint density at radius 1 is 1.10 bits per heavy atom. The molecule has 0 bridgehead atoms. The number of nitrogens with zero attached hydrogens (tertiary/aromatic N) is 3. The molecule has 3 aromatic rings. The van der Waals surface area contributed by atoms with Gasteiger partial charge in [0.1, 0.15) is 0 Å². The molecule has 1 aromatic heterocycles. The van der Waals surface area contributed by atoms with Gasteiger partial charge in [-0.15, -0.1) is 0 Å². The Labute approximate surface area is 175 Å². The third-order valence-corrected chi connectivity index (χ3v) is 7.67. The van der Waals surface area contributed by atoms with Crippen LogP contribution in [-0.2, 0) is 16.6 Å². The summed E-state index contributed by atoms with van der Waals surface area (Å²) in [4.78, 5) is 17.8. The summed E-state index contributed by atoms with van der Waals surface area (Å²) in [6.07, 6.45) is 1.72. The van der Waals surface area contributed by atoms with E-state index in [2.05, 4.69) is 4.99 Å². The molecule has 6 nitrogen and oxygen atoms in total. The van der Waals surface area contributed by atoms with Crippen molar-refractivity contribution in [3.05, 3.63) is 58.9 Å². The zero-order chi connectivity index (χ0) is 21.0. The predicted octanol–water partition coefficient (Wildman–Crippen LogP) is 3.88. The first-order valence-corrected chi connectivity index (χ1v) is 11.9. The zero-order valence-electron chi connectivity index (χ0n) is 16.8. The first-order valence-electron chi connectivity index (χ1n) is 9.62. The topological polar surface area (TPSA) is 71.7 Å². The van der Waals surface area contributed by atoms with Crippen molar-refractivity contribution in [2.75, 3.05) is 13.6 Å². The van der Waals surface area contributed by atoms with Crippen LogP contribution in [0.25, 0.3) is 10.2 Å². The number of aryl methyl sites for hydroxylation is 1. The number of hydrogen-bond acceptors (Lipinski definition) is 4. The van der Waals surface area contributed by atoms with Crippen LogP contribution in [0.15, 0.2) is 58.4 Å². The Morgan fingerprint density at radius 2 is 1.79 bits per heavy atom. The summed E-state index contributed by atoms with van der Waals surface area (Å²) in [7, 11) is -1.98. The predicted molar refractivity (Wildman–Crippen MR) is 117 cm³/mol. The van der Waals surface area contributed by atoms with Crippen molar-refractivity contribution in [2.24, 2.45) is 4.99 Å². The summed E-state index contributed by atoms with van der Waals surface area (Å²) in [5.74, 6) is -0.387. The summed E-state index contributed by atoms with van der Waals surface area (Å²) < 4.78 is 29.6. The number of amides is 1. The first-order chi connectivity index (χ1) is 13.9. The van der Waals surface area contributed by atoms with Crippen molar-refractivity contribution in [3.63, 3.8) is 0 Å². The van der Waals surface area contributed by atoms with Gasteiger partial charge in [-0.3, -0.25) is 4.79 Å². The van der Waals surface area contributed by atoms with Gasteiger partial charge in [0.05, 0.1) is 15.1 Å². The number of aromatic nitrogens is 1. The summed E-state index contributed by atoms with van der Waals surface area (Å²) in [6, 6.07) is 13.9. The molecule has 1 amide bonds. The second-order valence-electron chi connectivity index (χ2n) is 6.72. The van der Waals surface area contributed by atoms with Gasteiger partial charge in [-0.1, -0.05) is 36.8 Å². The quantitative estimate of drug-likeness (QED) is 0.570. The monoisotopic (exact) mass is 431 g/mol. The van der Waals surface area contributed by atoms with Crippen molar-refractivity contribution in [2.45, 2.75) is 38.1 Å². The molecule has 0 aliphatic carbocycles. The number of sulfonamides is 1. The Bertz CT molecular complexity index is 1180. The van der Waals surface area contributed by atoms with Crippen LogP contribution in [0.4, 0.5) is 0 Å². The fraction of sp³-hybridized carbons (Fsp3) is 0.333. The molecule has 2 aromatic carbocycles. The van der Waals surface area contributed by atoms with Crippen molar-refractivity contribution in [1.82, 2.24) is 8.87 Å². The van der Waals surface area contributed by atoms with E-state index in [-0.39, 0.29) is 10.8 Å². The minimum Gasteiger partial charge on any atom is -0.317 e. The van der Waals surface area contributed by atoms with E-state index in [1.807, 2.05) is 42.7 Å². The largest absolute Gasteiger partial charge is 0.317 e. The van der Waals surface area contributed by atoms with Crippen molar-refractivity contribution >= 4 is 37.5 Å². The number of carbonyl (C=O) groups excluding carboxylic acids is 1. The molecule has 3 rings (SSSR count). The average molecular weight is 432 g/mol. The minimum atomic E-state index is -3.55. The normalized spacial score (nSPS) is 12.8. The molecule has 0 radical (unpaired) electrons. The first kappa shape index (κ1) is 21.4. The van der Waals surface area contributed by atoms with Gasteiger partial charge in [0.15, 0.2) is 4.80 Å². The lowest BCUT2D eigenvalue weighted by atomic mass is 10.2. The van der Waals surface area contributed by atoms with Crippen LogP contribution in [-0.4, -0.2) is 36.8 Å². The molecular weight excluding hydrogens is 406 g/mol. The molecule has 0 unspecified atom stereocenters. The highest BCUT2D eigenvalue weighted by molar-refractivity contribution is 7.89. The highest BCUT2D eigenvalue weighted by atomic mass is 32.2. The maximum absolute atomic E-state index is 12.7. The number of hydrogen-bond donors (Lipinski definition) is 0. The van der Waals surface area contributed by atoms with Crippen LogP contribution in [0.5, 0.6) is 0 Å². The van der Waals surface area contributed by atoms with E-state index in [4.69, 9.17) is 0 Å². The van der Waals surface area contributed by atoms with Crippen molar-refractivity contribution in [1.29, 1.82) is 0 Å². The Balaban J connectivity index is 1.89. The molecular formula is C21H25N3O3S2. The van der Waals surface area contributed by atoms with Crippen molar-refractivity contribution < 1.29 is 13.2 Å². The van der Waals surface area contributed by atoms with Gasteiger partial charge in [0, 0.05) is 25.7 Å². The van der Waals surface area contributed by atoms with Gasteiger partial charge in [-0.25, -0.2) is 12.7 Å². The smallest absolute Gasteiger partial charge is 0.279 e. The van der Waals surface area contributed by atoms with Crippen LogP contribution >= 0.6 is 11.3 Å². The highest BCUT2D eigenvalue weighted by Crippen LogP contribution is 2.18. The van der Waals surface area contributed by atoms with E-state index in [0.717, 1.165) is 23.1 Å². The van der Waals surface area contributed by atoms with Gasteiger partial charge in [-0.05, 0) is 49.7 Å². The number of fused-ring (bicyclic) bond motifs is 1. The van der Waals surface area contributed by atoms with Crippen LogP contribution in [0.2, 0.25) is 0 Å². The molecule has 0 saturated heterocycles. The van der Waals surface area contributed by atoms with Gasteiger partial charge in [0.2, 0.25) is 10.0 Å². The molecule has 0 saturated carbocycles. The van der Waals surface area contributed by atoms with E-state index in [0.29, 0.717) is 23.5 Å². The molecule has 154 valence electrons. The fourth-order valence-corrected chi connectivity index (χ4v) is 5.32. The van der Waals surface area contributed by atoms with Crippen LogP contribution < -0.4 is 4.80 Å². The van der Waals surface area contributed by atoms with Crippen LogP contribution in [0.1, 0.15) is 37.0 Å². The molecule has 8 heteroatoms. The number of unbranched alkanes of at least 4 members (excludes halogenated alkanes) is 1. The van der Waals surface area contributed by atoms with E-state index >= 15 is 0 Å². The van der Waals surface area contributed by atoms with Crippen LogP contribution in [0.3, 0.4) is 0 Å². The third kappa shape index (κ3) is 4.49. The van der Waals surface area contributed by atoms with E-state index in [9.17, 15) is 13.2 Å². The molecule has 0 N–H and O–H groups in total. The molecule has 0 fully saturated rings. The maximum atomic E-state index is 12.7. The lowest BCUT2D eigenvalue weighted by molar-refractivity contribution is 0.0997. The molecule has 29 heavy (non-hydrogen) atoms. The number of para-hydroxylation sites is 1. The van der Waals surface area contributed by atoms with Crippen LogP contribution in [0, 0.1) is 0 Å². The minimum absolute atomic E-state index is 0.179. The number of thiazole rings is 1. The molecule has 0 spiro atoms. The van der Waals surface area contributed by atoms with Crippen molar-refractivity contribution in [3.8, 4) is 0 Å². The number of carbonyl (C=O) groups is 1. The lowest BCUT2D eigenvalue weighted by Gasteiger charge is -2.16. The van der Waals surface area contributed by atoms with E-state index < -0.39 is 10.0 Å². The molecule has 1 heterocycles. The number of rotatable bonds is 7. The maximum Gasteiger partial charge on any atom is 0.279 e. The molecule has 0 atom stereocenters. The van der Waals surface area contributed by atoms with Gasteiger partial charge in [0.25, 0.3) is 5.91 Å². The van der Waals surface area contributed by atoms with Gasteiger partial charge in [-0.2, -0.15) is 4.99 Å². The van der Waals surface area contributed by atoms with E-state index in [1.54, 1.807) is 7.05 Å². The zero-order valence-corrected chi connectivity index (χ0v) is 18.5. The second kappa shape index (κ2) is 9.02. The SMILES string of the molecule is CCCCN(C)S(=O)(=O)c1ccc(C(=O)N=c2sc3ccccc3n2CC)cc1. The second-order valence-corrected chi connectivity index (χ2v) is 9.77. The Kier molecular flexibility index (Phi) is 6.66. The molecule has 0 aliphatic heterocycles. The third-order valence-electron chi connectivity index (χ3n) is 4.74. The standard InChI is InChI=1S/C21H25N3O3S2/c1-4-6-15-23(3)29(26,27)17-13-11-16(12-14-17)20(25)22-21-24(5-2)18-9-7-8-10-19(18)28-21/h7-14H,4-6,15H2,1-3H3. The Morgan fingerprint density at radius 3 is 2.45 bits per heavy atom. The summed E-state index contributed by atoms with van der Waals surface area (Å²) >= 11 is 1.46. The average Bonchev–Trinajstić information content (AvgIpc) is 3.08. The summed E-state index contributed by atoms with van der Waals surface area (Å²) in [5, 5.41) is 0. The lowest BCUT2D eigenvalue weighted by Crippen LogP contribution is -2.27.